The molecule has 30 heavy (non-hydrogen) atoms. The Morgan fingerprint density at radius 1 is 1.33 bits per heavy atom. The summed E-state index contributed by atoms with van der Waals surface area (Å²) < 4.78 is 11.7. The standard InChI is InChI=1S/C19H26N4O3S.CH2O2/c1-13(24)20-15-6-11-26-16(18(15)25)12-22-7-9-23(10-8-22)19-14-4-2-3-5-17(14)27-21-19;2-1-3/h2-5,15-16,18,25H,6-12H2,1H3,(H,20,24);1H,(H,2,3)/t15-,16+,18-;/m0./s1. The number of aromatic nitrogens is 1. The maximum atomic E-state index is 11.3. The van der Waals surface area contributed by atoms with Gasteiger partial charge in [-0.3, -0.25) is 14.5 Å². The molecule has 4 rings (SSSR count). The lowest BCUT2D eigenvalue weighted by Gasteiger charge is -2.40. The van der Waals surface area contributed by atoms with E-state index in [2.05, 4.69) is 37.7 Å². The van der Waals surface area contributed by atoms with Gasteiger partial charge in [-0.25, -0.2) is 0 Å². The molecule has 2 fully saturated rings. The van der Waals surface area contributed by atoms with Crippen molar-refractivity contribution < 1.29 is 24.5 Å². The first kappa shape index (κ1) is 22.4. The summed E-state index contributed by atoms with van der Waals surface area (Å²) in [5, 5.41) is 21.5. The average Bonchev–Trinajstić information content (AvgIpc) is 3.16. The minimum Gasteiger partial charge on any atom is -0.483 e. The number of nitrogens with one attached hydrogen (secondary N) is 1. The number of hydrogen-bond donors (Lipinski definition) is 3. The van der Waals surface area contributed by atoms with Crippen LogP contribution in [0.1, 0.15) is 13.3 Å². The van der Waals surface area contributed by atoms with Gasteiger partial charge >= 0.3 is 0 Å². The minimum absolute atomic E-state index is 0.108. The second-order valence-corrected chi connectivity index (χ2v) is 8.20. The van der Waals surface area contributed by atoms with Crippen LogP contribution in [0.2, 0.25) is 0 Å². The van der Waals surface area contributed by atoms with Crippen molar-refractivity contribution in [1.82, 2.24) is 14.6 Å². The molecule has 3 heterocycles. The van der Waals surface area contributed by atoms with Crippen LogP contribution in [0.3, 0.4) is 0 Å². The lowest BCUT2D eigenvalue weighted by Crippen LogP contribution is -2.57. The first-order chi connectivity index (χ1) is 14.5. The van der Waals surface area contributed by atoms with Gasteiger partial charge < -0.3 is 25.2 Å². The summed E-state index contributed by atoms with van der Waals surface area (Å²) in [6.07, 6.45) is -0.271. The topological polar surface area (TPSA) is 115 Å². The Morgan fingerprint density at radius 2 is 2.03 bits per heavy atom. The highest BCUT2D eigenvalue weighted by Gasteiger charge is 2.35. The van der Waals surface area contributed by atoms with Crippen molar-refractivity contribution >= 4 is 39.8 Å². The van der Waals surface area contributed by atoms with Gasteiger partial charge in [0.05, 0.1) is 16.8 Å². The number of ether oxygens (including phenoxy) is 1. The largest absolute Gasteiger partial charge is 0.483 e. The van der Waals surface area contributed by atoms with E-state index in [1.54, 1.807) is 11.5 Å². The number of carbonyl (C=O) groups is 2. The third-order valence-corrected chi connectivity index (χ3v) is 6.23. The Labute approximate surface area is 179 Å². The van der Waals surface area contributed by atoms with Gasteiger partial charge in [-0.2, -0.15) is 4.37 Å². The lowest BCUT2D eigenvalue weighted by molar-refractivity contribution is -0.128. The van der Waals surface area contributed by atoms with Gasteiger partial charge in [0.1, 0.15) is 11.9 Å². The molecular weight excluding hydrogens is 408 g/mol. The van der Waals surface area contributed by atoms with Crippen molar-refractivity contribution in [3.63, 3.8) is 0 Å². The van der Waals surface area contributed by atoms with Crippen molar-refractivity contribution in [1.29, 1.82) is 0 Å². The van der Waals surface area contributed by atoms with Crippen LogP contribution in [-0.4, -0.2) is 89.4 Å². The maximum Gasteiger partial charge on any atom is 0.290 e. The van der Waals surface area contributed by atoms with E-state index in [0.29, 0.717) is 19.6 Å². The van der Waals surface area contributed by atoms with Crippen LogP contribution in [0.15, 0.2) is 24.3 Å². The molecule has 3 N–H and O–H groups in total. The molecule has 1 amide bonds. The van der Waals surface area contributed by atoms with E-state index in [0.717, 1.165) is 32.0 Å². The molecule has 0 spiro atoms. The highest BCUT2D eigenvalue weighted by molar-refractivity contribution is 7.13. The number of hydrogen-bond acceptors (Lipinski definition) is 8. The molecule has 2 aliphatic rings. The van der Waals surface area contributed by atoms with E-state index >= 15 is 0 Å². The van der Waals surface area contributed by atoms with Crippen molar-refractivity contribution in [3.8, 4) is 0 Å². The average molecular weight is 437 g/mol. The summed E-state index contributed by atoms with van der Waals surface area (Å²) in [6, 6.07) is 8.13. The number of amides is 1. The molecule has 9 nitrogen and oxygen atoms in total. The van der Waals surface area contributed by atoms with Crippen LogP contribution in [0.5, 0.6) is 0 Å². The fourth-order valence-electron chi connectivity index (χ4n) is 3.95. The molecule has 0 bridgehead atoms. The fourth-order valence-corrected chi connectivity index (χ4v) is 4.75. The second kappa shape index (κ2) is 10.7. The molecule has 2 aromatic rings. The fraction of sp³-hybridized carbons (Fsp3) is 0.550. The molecule has 1 aromatic carbocycles. The molecule has 2 aliphatic heterocycles. The van der Waals surface area contributed by atoms with Crippen LogP contribution >= 0.6 is 11.5 Å². The summed E-state index contributed by atoms with van der Waals surface area (Å²) in [7, 11) is 0. The number of nitrogens with zero attached hydrogens (tertiary/aromatic N) is 3. The molecule has 1 aromatic heterocycles. The number of carboxylic acid groups (broad SMARTS) is 1. The van der Waals surface area contributed by atoms with Crippen LogP contribution in [0, 0.1) is 0 Å². The van der Waals surface area contributed by atoms with E-state index in [9.17, 15) is 9.90 Å². The number of carbonyl (C=O) groups excluding carboxylic acids is 1. The first-order valence-corrected chi connectivity index (χ1v) is 10.8. The SMILES string of the molecule is CC(=O)N[C@H]1CCO[C@H](CN2CCN(c3nsc4ccccc34)CC2)[C@H]1O.O=CO. The van der Waals surface area contributed by atoms with E-state index in [1.165, 1.54) is 17.0 Å². The van der Waals surface area contributed by atoms with Crippen LogP contribution in [0.25, 0.3) is 10.1 Å². The van der Waals surface area contributed by atoms with Gasteiger partial charge in [-0.1, -0.05) is 12.1 Å². The number of fused-ring (bicyclic) bond motifs is 1. The van der Waals surface area contributed by atoms with E-state index in [4.69, 9.17) is 14.6 Å². The smallest absolute Gasteiger partial charge is 0.290 e. The number of rotatable bonds is 4. The highest BCUT2D eigenvalue weighted by Crippen LogP contribution is 2.30. The van der Waals surface area contributed by atoms with Crippen molar-refractivity contribution in [2.24, 2.45) is 0 Å². The Hall–Kier alpha value is -2.27. The van der Waals surface area contributed by atoms with Gasteiger partial charge in [-0.05, 0) is 30.1 Å². The Morgan fingerprint density at radius 3 is 2.73 bits per heavy atom. The summed E-state index contributed by atoms with van der Waals surface area (Å²) >= 11 is 1.55. The molecular formula is C20H28N4O5S. The summed E-state index contributed by atoms with van der Waals surface area (Å²) in [6.45, 7) is 6.11. The van der Waals surface area contributed by atoms with E-state index in [1.807, 2.05) is 6.07 Å². The van der Waals surface area contributed by atoms with Crippen LogP contribution < -0.4 is 10.2 Å². The van der Waals surface area contributed by atoms with Crippen molar-refractivity contribution in [3.05, 3.63) is 24.3 Å². The Bertz CT molecular complexity index is 839. The van der Waals surface area contributed by atoms with Gasteiger partial charge in [0.15, 0.2) is 0 Å². The van der Waals surface area contributed by atoms with Gasteiger partial charge in [-0.15, -0.1) is 0 Å². The highest BCUT2D eigenvalue weighted by atomic mass is 32.1. The predicted octanol–water partition coefficient (Wildman–Crippen LogP) is 0.774. The zero-order valence-electron chi connectivity index (χ0n) is 16.9. The molecule has 0 unspecified atom stereocenters. The third kappa shape index (κ3) is 5.45. The molecule has 2 saturated heterocycles. The molecule has 10 heteroatoms. The Kier molecular flexibility index (Phi) is 7.97. The summed E-state index contributed by atoms with van der Waals surface area (Å²) in [5.74, 6) is 0.971. The monoisotopic (exact) mass is 436 g/mol. The zero-order valence-corrected chi connectivity index (χ0v) is 17.8. The third-order valence-electron chi connectivity index (χ3n) is 5.41. The molecule has 0 aliphatic carbocycles. The normalized spacial score (nSPS) is 24.7. The van der Waals surface area contributed by atoms with Crippen LogP contribution in [0.4, 0.5) is 5.82 Å². The number of aliphatic hydroxyl groups excluding tert-OH is 1. The quantitative estimate of drug-likeness (QED) is 0.602. The van der Waals surface area contributed by atoms with Crippen LogP contribution in [-0.2, 0) is 14.3 Å². The first-order valence-electron chi connectivity index (χ1n) is 9.99. The minimum atomic E-state index is -0.664. The number of anilines is 1. The van der Waals surface area contributed by atoms with Crippen molar-refractivity contribution in [2.75, 3.05) is 44.2 Å². The van der Waals surface area contributed by atoms with Gasteiger partial charge in [0.25, 0.3) is 6.47 Å². The lowest BCUT2D eigenvalue weighted by atomic mass is 9.99. The second-order valence-electron chi connectivity index (χ2n) is 7.39. The maximum absolute atomic E-state index is 11.3. The molecule has 0 radical (unpaired) electrons. The molecule has 0 saturated carbocycles. The number of benzene rings is 1. The van der Waals surface area contributed by atoms with Gasteiger partial charge in [0.2, 0.25) is 5.91 Å². The summed E-state index contributed by atoms with van der Waals surface area (Å²) in [4.78, 5) is 24.3. The summed E-state index contributed by atoms with van der Waals surface area (Å²) in [5.41, 5.74) is 0. The number of piperazine rings is 1. The van der Waals surface area contributed by atoms with Gasteiger partial charge in [0, 0.05) is 51.6 Å². The molecule has 164 valence electrons. The number of aliphatic hydroxyl groups is 1. The van der Waals surface area contributed by atoms with E-state index in [-0.39, 0.29) is 24.5 Å². The van der Waals surface area contributed by atoms with E-state index < -0.39 is 6.10 Å². The predicted molar refractivity (Wildman–Crippen MR) is 115 cm³/mol. The zero-order chi connectivity index (χ0) is 21.5. The Balaban J connectivity index is 0.000000806. The molecule has 3 atom stereocenters. The van der Waals surface area contributed by atoms with Crippen molar-refractivity contribution in [2.45, 2.75) is 31.6 Å².